The van der Waals surface area contributed by atoms with Gasteiger partial charge >= 0.3 is 0 Å². The third-order valence-electron chi connectivity index (χ3n) is 2.91. The highest BCUT2D eigenvalue weighted by Gasteiger charge is 2.38. The van der Waals surface area contributed by atoms with E-state index >= 15 is 0 Å². The standard InChI is InChI=1S/C13H15FO3/c1-8-12(15)13(16)11(17-8)7-6-9-4-2-3-5-10(9)14/h2-8,11-13,15-16H,1H3/b7-6+/t8-,11+,12-,13+/m0/s1. The summed E-state index contributed by atoms with van der Waals surface area (Å²) in [6.07, 6.45) is 0.238. The third-order valence-corrected chi connectivity index (χ3v) is 2.91. The van der Waals surface area contributed by atoms with Gasteiger partial charge in [-0.15, -0.1) is 0 Å². The normalized spacial score (nSPS) is 33.4. The van der Waals surface area contributed by atoms with Crippen molar-refractivity contribution in [3.05, 3.63) is 41.7 Å². The lowest BCUT2D eigenvalue weighted by Gasteiger charge is -2.10. The molecule has 0 aromatic heterocycles. The summed E-state index contributed by atoms with van der Waals surface area (Å²) in [6.45, 7) is 1.69. The molecule has 0 saturated carbocycles. The van der Waals surface area contributed by atoms with Gasteiger partial charge in [-0.25, -0.2) is 4.39 Å². The molecule has 17 heavy (non-hydrogen) atoms. The van der Waals surface area contributed by atoms with Crippen LogP contribution in [0.3, 0.4) is 0 Å². The lowest BCUT2D eigenvalue weighted by Crippen LogP contribution is -2.30. The average Bonchev–Trinajstić information content (AvgIpc) is 2.56. The molecular weight excluding hydrogens is 223 g/mol. The summed E-state index contributed by atoms with van der Waals surface area (Å²) >= 11 is 0. The van der Waals surface area contributed by atoms with Crippen LogP contribution in [0.25, 0.3) is 6.08 Å². The first-order chi connectivity index (χ1) is 8.09. The van der Waals surface area contributed by atoms with Crippen LogP contribution in [0.2, 0.25) is 0 Å². The predicted octanol–water partition coefficient (Wildman–Crippen LogP) is 1.35. The molecule has 0 unspecified atom stereocenters. The second-order valence-corrected chi connectivity index (χ2v) is 4.17. The Morgan fingerprint density at radius 2 is 1.94 bits per heavy atom. The number of hydrogen-bond acceptors (Lipinski definition) is 3. The smallest absolute Gasteiger partial charge is 0.130 e. The van der Waals surface area contributed by atoms with E-state index in [4.69, 9.17) is 4.74 Å². The first kappa shape index (κ1) is 12.2. The summed E-state index contributed by atoms with van der Waals surface area (Å²) in [5, 5.41) is 19.2. The van der Waals surface area contributed by atoms with Crippen molar-refractivity contribution in [3.63, 3.8) is 0 Å². The number of aliphatic hydroxyl groups is 2. The van der Waals surface area contributed by atoms with Gasteiger partial charge in [0.25, 0.3) is 0 Å². The molecule has 4 heteroatoms. The van der Waals surface area contributed by atoms with Crippen molar-refractivity contribution in [3.8, 4) is 0 Å². The zero-order chi connectivity index (χ0) is 12.4. The first-order valence-electron chi connectivity index (χ1n) is 5.54. The highest BCUT2D eigenvalue weighted by Crippen LogP contribution is 2.22. The molecule has 0 amide bonds. The molecule has 1 saturated heterocycles. The molecule has 92 valence electrons. The minimum Gasteiger partial charge on any atom is -0.388 e. The van der Waals surface area contributed by atoms with Crippen LogP contribution in [-0.2, 0) is 4.74 Å². The fourth-order valence-corrected chi connectivity index (χ4v) is 1.85. The Balaban J connectivity index is 2.10. The SMILES string of the molecule is C[C@@H]1O[C@H](/C=C/c2ccccc2F)[C@@H](O)[C@H]1O. The zero-order valence-electron chi connectivity index (χ0n) is 9.45. The van der Waals surface area contributed by atoms with Gasteiger partial charge in [0.2, 0.25) is 0 Å². The quantitative estimate of drug-likeness (QED) is 0.817. The largest absolute Gasteiger partial charge is 0.388 e. The van der Waals surface area contributed by atoms with E-state index in [9.17, 15) is 14.6 Å². The fraction of sp³-hybridized carbons (Fsp3) is 0.385. The molecule has 3 nitrogen and oxygen atoms in total. The molecule has 0 spiro atoms. The minimum absolute atomic E-state index is 0.329. The van der Waals surface area contributed by atoms with Gasteiger partial charge in [0.15, 0.2) is 0 Å². The van der Waals surface area contributed by atoms with Gasteiger partial charge in [-0.2, -0.15) is 0 Å². The van der Waals surface area contributed by atoms with Crippen LogP contribution < -0.4 is 0 Å². The summed E-state index contributed by atoms with van der Waals surface area (Å²) < 4.78 is 18.6. The van der Waals surface area contributed by atoms with Crippen molar-refractivity contribution in [2.45, 2.75) is 31.3 Å². The van der Waals surface area contributed by atoms with Crippen LogP contribution in [0.15, 0.2) is 30.3 Å². The van der Waals surface area contributed by atoms with Gasteiger partial charge in [0.05, 0.1) is 6.10 Å². The lowest BCUT2D eigenvalue weighted by molar-refractivity contribution is 0.0316. The zero-order valence-corrected chi connectivity index (χ0v) is 9.45. The van der Waals surface area contributed by atoms with Crippen LogP contribution >= 0.6 is 0 Å². The van der Waals surface area contributed by atoms with Gasteiger partial charge in [-0.1, -0.05) is 30.4 Å². The van der Waals surface area contributed by atoms with E-state index in [2.05, 4.69) is 0 Å². The Kier molecular flexibility index (Phi) is 3.57. The Hall–Kier alpha value is -1.23. The molecule has 0 radical (unpaired) electrons. The van der Waals surface area contributed by atoms with E-state index < -0.39 is 24.4 Å². The molecule has 4 atom stereocenters. The maximum absolute atomic E-state index is 13.3. The molecule has 2 N–H and O–H groups in total. The van der Waals surface area contributed by atoms with Crippen molar-refractivity contribution in [1.82, 2.24) is 0 Å². The number of rotatable bonds is 2. The first-order valence-corrected chi connectivity index (χ1v) is 5.54. The summed E-state index contributed by atoms with van der Waals surface area (Å²) in [6, 6.07) is 6.33. The van der Waals surface area contributed by atoms with Crippen LogP contribution in [0.5, 0.6) is 0 Å². The number of aliphatic hydroxyl groups excluding tert-OH is 2. The molecule has 1 heterocycles. The molecule has 0 bridgehead atoms. The maximum Gasteiger partial charge on any atom is 0.130 e. The Labute approximate surface area is 99.2 Å². The van der Waals surface area contributed by atoms with Crippen molar-refractivity contribution in [1.29, 1.82) is 0 Å². The van der Waals surface area contributed by atoms with Crippen molar-refractivity contribution in [2.75, 3.05) is 0 Å². The number of ether oxygens (including phenoxy) is 1. The highest BCUT2D eigenvalue weighted by atomic mass is 19.1. The predicted molar refractivity (Wildman–Crippen MR) is 61.8 cm³/mol. The molecule has 1 fully saturated rings. The van der Waals surface area contributed by atoms with Crippen LogP contribution in [0.1, 0.15) is 12.5 Å². The highest BCUT2D eigenvalue weighted by molar-refractivity contribution is 5.50. The number of hydrogen-bond donors (Lipinski definition) is 2. The number of halogens is 1. The minimum atomic E-state index is -0.965. The van der Waals surface area contributed by atoms with Crippen molar-refractivity contribution >= 4 is 6.08 Å². The second-order valence-electron chi connectivity index (χ2n) is 4.17. The average molecular weight is 238 g/mol. The van der Waals surface area contributed by atoms with E-state index in [1.54, 1.807) is 37.3 Å². The Bertz CT molecular complexity index is 419. The van der Waals surface area contributed by atoms with Gasteiger partial charge in [0, 0.05) is 5.56 Å². The van der Waals surface area contributed by atoms with E-state index in [-0.39, 0.29) is 5.82 Å². The van der Waals surface area contributed by atoms with Crippen LogP contribution in [-0.4, -0.2) is 34.6 Å². The Morgan fingerprint density at radius 3 is 2.53 bits per heavy atom. The second kappa shape index (κ2) is 4.96. The molecule has 2 rings (SSSR count). The van der Waals surface area contributed by atoms with Gasteiger partial charge in [-0.3, -0.25) is 0 Å². The maximum atomic E-state index is 13.3. The summed E-state index contributed by atoms with van der Waals surface area (Å²) in [5.41, 5.74) is 0.428. The van der Waals surface area contributed by atoms with E-state index in [0.29, 0.717) is 5.56 Å². The summed E-state index contributed by atoms with van der Waals surface area (Å²) in [4.78, 5) is 0. The van der Waals surface area contributed by atoms with E-state index in [0.717, 1.165) is 0 Å². The lowest BCUT2D eigenvalue weighted by atomic mass is 10.1. The van der Waals surface area contributed by atoms with Gasteiger partial charge < -0.3 is 14.9 Å². The van der Waals surface area contributed by atoms with Crippen molar-refractivity contribution < 1.29 is 19.3 Å². The fourth-order valence-electron chi connectivity index (χ4n) is 1.85. The molecule has 1 aromatic rings. The third kappa shape index (κ3) is 2.54. The number of benzene rings is 1. The molecule has 1 aliphatic rings. The Morgan fingerprint density at radius 1 is 1.24 bits per heavy atom. The topological polar surface area (TPSA) is 49.7 Å². The van der Waals surface area contributed by atoms with Crippen LogP contribution in [0.4, 0.5) is 4.39 Å². The van der Waals surface area contributed by atoms with E-state index in [1.165, 1.54) is 6.07 Å². The molecule has 1 aliphatic heterocycles. The van der Waals surface area contributed by atoms with Crippen LogP contribution in [0, 0.1) is 5.82 Å². The molecular formula is C13H15FO3. The molecule has 0 aliphatic carbocycles. The molecule has 1 aromatic carbocycles. The monoisotopic (exact) mass is 238 g/mol. The summed E-state index contributed by atoms with van der Waals surface area (Å²) in [5.74, 6) is -0.329. The summed E-state index contributed by atoms with van der Waals surface area (Å²) in [7, 11) is 0. The van der Waals surface area contributed by atoms with Gasteiger partial charge in [-0.05, 0) is 13.0 Å². The van der Waals surface area contributed by atoms with Crippen molar-refractivity contribution in [2.24, 2.45) is 0 Å². The van der Waals surface area contributed by atoms with E-state index in [1.807, 2.05) is 0 Å². The van der Waals surface area contributed by atoms with Gasteiger partial charge in [0.1, 0.15) is 24.1 Å².